The van der Waals surface area contributed by atoms with Crippen LogP contribution in [0.15, 0.2) is 72.1 Å². The molecule has 2 N–H and O–H groups in total. The topological polar surface area (TPSA) is 148 Å². The molecule has 2 aliphatic heterocycles. The standard InChI is InChI=1S/C46H55N5O6S2/c1-29(2)47-44-49-38(28-58-44)37-24-41(35-18-17-30(3)21-36(35)48-37)57-34-23-39-40(52)26-46(43(54)50-59(55,56)45(4)19-20-45)25-33(46)16-12-7-5-6-11-15-32(42(53)51(39)27-34)22-31-13-9-8-10-14-31/h8-10,12-14,16-18,21,24,28-29,32-34,39H,5-7,11,15,19-20,22-23,25-27H2,1-4H3,(H,47,49)(H,50,54)/b16-12-/t32-,33+,34-,39+,46-/m1/s1. The maximum absolute atomic E-state index is 14.9. The Morgan fingerprint density at radius 3 is 2.59 bits per heavy atom. The number of pyridine rings is 1. The van der Waals surface area contributed by atoms with E-state index in [1.807, 2.05) is 73.0 Å². The lowest BCUT2D eigenvalue weighted by Crippen LogP contribution is -2.47. The third kappa shape index (κ3) is 8.82. The molecule has 11 nitrogen and oxygen atoms in total. The van der Waals surface area contributed by atoms with E-state index in [1.165, 1.54) is 11.3 Å². The highest BCUT2D eigenvalue weighted by Gasteiger charge is 2.62. The van der Waals surface area contributed by atoms with E-state index in [0.717, 1.165) is 52.8 Å². The number of hydrogen-bond donors (Lipinski definition) is 2. The molecule has 2 aliphatic carbocycles. The molecule has 0 radical (unpaired) electrons. The maximum Gasteiger partial charge on any atom is 0.240 e. The molecule has 312 valence electrons. The van der Waals surface area contributed by atoms with Gasteiger partial charge in [-0.2, -0.15) is 0 Å². The second kappa shape index (κ2) is 16.4. The molecule has 59 heavy (non-hydrogen) atoms. The van der Waals surface area contributed by atoms with E-state index in [1.54, 1.807) is 11.8 Å². The van der Waals surface area contributed by atoms with E-state index < -0.39 is 38.2 Å². The molecule has 0 spiro atoms. The van der Waals surface area contributed by atoms with E-state index in [4.69, 9.17) is 14.7 Å². The number of Topliss-reactive ketones (excluding diaryl/α,β-unsaturated/α-hetero) is 1. The predicted molar refractivity (Wildman–Crippen MR) is 232 cm³/mol. The Kier molecular flexibility index (Phi) is 11.5. The summed E-state index contributed by atoms with van der Waals surface area (Å²) in [5.41, 5.74) is 3.03. The van der Waals surface area contributed by atoms with Gasteiger partial charge in [0.2, 0.25) is 21.8 Å². The van der Waals surface area contributed by atoms with Crippen molar-refractivity contribution in [2.45, 2.75) is 121 Å². The van der Waals surface area contributed by atoms with Gasteiger partial charge in [0.25, 0.3) is 0 Å². The number of anilines is 1. The van der Waals surface area contributed by atoms with Crippen molar-refractivity contribution in [3.63, 3.8) is 0 Å². The molecule has 4 aromatic rings. The minimum absolute atomic E-state index is 0.0926. The van der Waals surface area contributed by atoms with Crippen LogP contribution in [0.1, 0.15) is 96.1 Å². The van der Waals surface area contributed by atoms with Gasteiger partial charge in [0, 0.05) is 41.6 Å². The Bertz CT molecular complexity index is 2370. The number of amides is 2. The fourth-order valence-electron chi connectivity index (χ4n) is 8.74. The molecule has 2 aromatic heterocycles. The molecule has 4 aliphatic rings. The van der Waals surface area contributed by atoms with Crippen LogP contribution in [0.25, 0.3) is 22.3 Å². The van der Waals surface area contributed by atoms with Crippen molar-refractivity contribution >= 4 is 55.0 Å². The molecular weight excluding hydrogens is 783 g/mol. The number of thiazole rings is 1. The summed E-state index contributed by atoms with van der Waals surface area (Å²) < 4.78 is 34.9. The zero-order valence-corrected chi connectivity index (χ0v) is 36.0. The van der Waals surface area contributed by atoms with E-state index >= 15 is 0 Å². The largest absolute Gasteiger partial charge is 0.488 e. The molecule has 13 heteroatoms. The lowest BCUT2D eigenvalue weighted by atomic mass is 9.90. The van der Waals surface area contributed by atoms with Crippen LogP contribution < -0.4 is 14.8 Å². The number of carbonyl (C=O) groups is 3. The lowest BCUT2D eigenvalue weighted by molar-refractivity contribution is -0.142. The molecular formula is C46H55N5O6S2. The van der Waals surface area contributed by atoms with Gasteiger partial charge in [0.1, 0.15) is 17.5 Å². The molecule has 2 amide bonds. The summed E-state index contributed by atoms with van der Waals surface area (Å²) >= 11 is 1.51. The summed E-state index contributed by atoms with van der Waals surface area (Å²) in [6.07, 6.45) is 9.75. The number of carbonyl (C=O) groups excluding carboxylic acids is 3. The van der Waals surface area contributed by atoms with E-state index in [0.29, 0.717) is 49.2 Å². The van der Waals surface area contributed by atoms with Gasteiger partial charge in [-0.3, -0.25) is 19.1 Å². The average molecular weight is 838 g/mol. The Balaban J connectivity index is 1.13. The number of nitrogens with one attached hydrogen (secondary N) is 2. The molecule has 0 bridgehead atoms. The van der Waals surface area contributed by atoms with Gasteiger partial charge >= 0.3 is 0 Å². The molecule has 0 unspecified atom stereocenters. The Morgan fingerprint density at radius 1 is 1.03 bits per heavy atom. The van der Waals surface area contributed by atoms with Crippen LogP contribution in [0.4, 0.5) is 5.13 Å². The van der Waals surface area contributed by atoms with Crippen molar-refractivity contribution in [2.24, 2.45) is 17.3 Å². The number of ketones is 1. The van der Waals surface area contributed by atoms with Crippen molar-refractivity contribution < 1.29 is 27.5 Å². The molecule has 2 saturated carbocycles. The summed E-state index contributed by atoms with van der Waals surface area (Å²) in [5.74, 6) is -0.992. The minimum Gasteiger partial charge on any atom is -0.488 e. The molecule has 4 heterocycles. The highest BCUT2D eigenvalue weighted by molar-refractivity contribution is 7.91. The van der Waals surface area contributed by atoms with Gasteiger partial charge in [-0.05, 0) is 102 Å². The van der Waals surface area contributed by atoms with Crippen LogP contribution in [0, 0.1) is 24.2 Å². The normalized spacial score (nSPS) is 26.4. The van der Waals surface area contributed by atoms with Crippen LogP contribution in [0.2, 0.25) is 0 Å². The smallest absolute Gasteiger partial charge is 0.240 e. The van der Waals surface area contributed by atoms with Crippen molar-refractivity contribution in [2.75, 3.05) is 11.9 Å². The SMILES string of the molecule is Cc1ccc2c(O[C@@H]3C[C@H]4C(=O)C[C@]5(C(=O)NS(=O)(=O)C6(C)CC6)C[C@@H]5/C=C\CCCCC[C@H](Cc5ccccc5)C(=O)N4C3)cc(-c3csc(NC(C)C)n3)nc2c1. The Labute approximate surface area is 351 Å². The van der Waals surface area contributed by atoms with Crippen molar-refractivity contribution in [1.82, 2.24) is 19.6 Å². The highest BCUT2D eigenvalue weighted by atomic mass is 32.2. The minimum atomic E-state index is -3.92. The average Bonchev–Trinajstić information content (AvgIpc) is 3.99. The van der Waals surface area contributed by atoms with Crippen molar-refractivity contribution in [1.29, 1.82) is 0 Å². The maximum atomic E-state index is 14.9. The number of benzene rings is 2. The van der Waals surface area contributed by atoms with Crippen molar-refractivity contribution in [3.05, 3.63) is 83.3 Å². The number of hydrogen-bond acceptors (Lipinski definition) is 10. The second-order valence-electron chi connectivity index (χ2n) is 17.8. The van der Waals surface area contributed by atoms with Crippen molar-refractivity contribution in [3.8, 4) is 17.1 Å². The highest BCUT2D eigenvalue weighted by Crippen LogP contribution is 2.57. The third-order valence-corrected chi connectivity index (χ3v) is 15.6. The van der Waals surface area contributed by atoms with Gasteiger partial charge in [-0.25, -0.2) is 18.4 Å². The van der Waals surface area contributed by atoms with Crippen LogP contribution in [0.3, 0.4) is 0 Å². The fourth-order valence-corrected chi connectivity index (χ4v) is 10.9. The first kappa shape index (κ1) is 41.1. The number of aromatic nitrogens is 2. The van der Waals surface area contributed by atoms with Gasteiger partial charge in [-0.15, -0.1) is 11.3 Å². The van der Waals surface area contributed by atoms with Crippen LogP contribution in [-0.2, 0) is 30.8 Å². The first-order valence-electron chi connectivity index (χ1n) is 21.1. The molecule has 1 saturated heterocycles. The van der Waals surface area contributed by atoms with E-state index in [2.05, 4.69) is 30.0 Å². The summed E-state index contributed by atoms with van der Waals surface area (Å²) in [7, 11) is -3.92. The van der Waals surface area contributed by atoms with Crippen LogP contribution in [0.5, 0.6) is 5.75 Å². The molecule has 2 aromatic carbocycles. The first-order chi connectivity index (χ1) is 28.2. The quantitative estimate of drug-likeness (QED) is 0.151. The fraction of sp³-hybridized carbons (Fsp3) is 0.500. The Morgan fingerprint density at radius 2 is 1.83 bits per heavy atom. The summed E-state index contributed by atoms with van der Waals surface area (Å²) in [6.45, 7) is 7.98. The molecule has 5 atom stereocenters. The van der Waals surface area contributed by atoms with E-state index in [-0.39, 0.29) is 49.0 Å². The number of allylic oxidation sites excluding steroid dienone is 2. The number of nitrogens with zero attached hydrogens (tertiary/aromatic N) is 3. The monoisotopic (exact) mass is 837 g/mol. The summed E-state index contributed by atoms with van der Waals surface area (Å²) in [4.78, 5) is 55.3. The third-order valence-electron chi connectivity index (χ3n) is 12.7. The van der Waals surface area contributed by atoms with Gasteiger partial charge in [0.15, 0.2) is 10.9 Å². The predicted octanol–water partition coefficient (Wildman–Crippen LogP) is 8.18. The van der Waals surface area contributed by atoms with Crippen LogP contribution in [-0.4, -0.2) is 70.4 Å². The Hall–Kier alpha value is -4.62. The zero-order chi connectivity index (χ0) is 41.5. The molecule has 3 fully saturated rings. The lowest BCUT2D eigenvalue weighted by Gasteiger charge is -2.29. The summed E-state index contributed by atoms with van der Waals surface area (Å²) in [6, 6.07) is 17.3. The number of rotatable bonds is 10. The second-order valence-corrected chi connectivity index (χ2v) is 20.8. The van der Waals surface area contributed by atoms with E-state index in [9.17, 15) is 22.8 Å². The molecule has 8 rings (SSSR count). The number of fused-ring (bicyclic) bond motifs is 3. The zero-order valence-electron chi connectivity index (χ0n) is 34.4. The number of ether oxygens (including phenoxy) is 1. The van der Waals surface area contributed by atoms with Gasteiger partial charge < -0.3 is 15.0 Å². The number of aryl methyl sites for hydroxylation is 1. The summed E-state index contributed by atoms with van der Waals surface area (Å²) in [5, 5.41) is 6.94. The number of sulfonamides is 1. The first-order valence-corrected chi connectivity index (χ1v) is 23.5. The van der Waals surface area contributed by atoms with Gasteiger partial charge in [-0.1, -0.05) is 61.4 Å². The van der Waals surface area contributed by atoms with Gasteiger partial charge in [0.05, 0.1) is 34.0 Å². The van der Waals surface area contributed by atoms with Crippen LogP contribution >= 0.6 is 11.3 Å².